The number of hydrogen-bond donors (Lipinski definition) is 2. The fourth-order valence-electron chi connectivity index (χ4n) is 4.06. The average molecular weight is 437 g/mol. The molecule has 9 heteroatoms. The van der Waals surface area contributed by atoms with Gasteiger partial charge in [-0.15, -0.1) is 0 Å². The Morgan fingerprint density at radius 2 is 1.78 bits per heavy atom. The maximum atomic E-state index is 13.1. The molecular weight excluding hydrogens is 414 g/mol. The number of amides is 3. The van der Waals surface area contributed by atoms with Gasteiger partial charge in [0.25, 0.3) is 5.91 Å². The third kappa shape index (κ3) is 4.19. The van der Waals surface area contributed by atoms with Crippen LogP contribution in [0.25, 0.3) is 0 Å². The van der Waals surface area contributed by atoms with Crippen LogP contribution in [-0.2, 0) is 25.7 Å². The van der Waals surface area contributed by atoms with E-state index >= 15 is 0 Å². The van der Waals surface area contributed by atoms with E-state index in [1.54, 1.807) is 24.3 Å². The van der Waals surface area contributed by atoms with Crippen molar-refractivity contribution < 1.29 is 29.0 Å². The molecule has 0 spiro atoms. The van der Waals surface area contributed by atoms with E-state index in [4.69, 9.17) is 4.74 Å². The largest absolute Gasteiger partial charge is 0.480 e. The number of benzene rings is 2. The molecule has 2 heterocycles. The van der Waals surface area contributed by atoms with Crippen molar-refractivity contribution in [1.82, 2.24) is 15.1 Å². The van der Waals surface area contributed by atoms with Crippen LogP contribution < -0.4 is 5.32 Å². The number of aliphatic carboxylic acids is 1. The molecule has 2 unspecified atom stereocenters. The summed E-state index contributed by atoms with van der Waals surface area (Å²) in [6.45, 7) is 0.152. The van der Waals surface area contributed by atoms with Crippen molar-refractivity contribution in [1.29, 1.82) is 0 Å². The lowest BCUT2D eigenvalue weighted by Crippen LogP contribution is -2.55. The first-order valence-corrected chi connectivity index (χ1v) is 10.3. The number of rotatable bonds is 6. The van der Waals surface area contributed by atoms with Gasteiger partial charge in [0.05, 0.1) is 19.8 Å². The van der Waals surface area contributed by atoms with Crippen LogP contribution in [0.15, 0.2) is 54.6 Å². The van der Waals surface area contributed by atoms with Gasteiger partial charge in [-0.25, -0.2) is 4.79 Å². The lowest BCUT2D eigenvalue weighted by atomic mass is 10.0. The van der Waals surface area contributed by atoms with Gasteiger partial charge < -0.3 is 25.0 Å². The summed E-state index contributed by atoms with van der Waals surface area (Å²) in [6, 6.07) is 14.3. The fraction of sp³-hybridized carbons (Fsp3) is 0.304. The second-order valence-corrected chi connectivity index (χ2v) is 7.64. The van der Waals surface area contributed by atoms with E-state index in [1.807, 2.05) is 30.3 Å². The van der Waals surface area contributed by atoms with E-state index < -0.39 is 29.9 Å². The zero-order valence-corrected chi connectivity index (χ0v) is 17.3. The van der Waals surface area contributed by atoms with E-state index in [9.17, 15) is 24.3 Å². The minimum absolute atomic E-state index is 0.0929. The number of fused-ring (bicyclic) bond motifs is 1. The predicted octanol–water partition coefficient (Wildman–Crippen LogP) is 0.812. The molecule has 166 valence electrons. The minimum Gasteiger partial charge on any atom is -0.480 e. The molecule has 9 nitrogen and oxygen atoms in total. The number of carbonyl (C=O) groups excluding carboxylic acids is 3. The monoisotopic (exact) mass is 437 g/mol. The van der Waals surface area contributed by atoms with Crippen LogP contribution in [0.5, 0.6) is 0 Å². The molecule has 0 aromatic heterocycles. The maximum absolute atomic E-state index is 13.1. The molecule has 2 N–H and O–H groups in total. The molecular formula is C23H23N3O6. The summed E-state index contributed by atoms with van der Waals surface area (Å²) in [4.78, 5) is 52.9. The van der Waals surface area contributed by atoms with E-state index in [2.05, 4.69) is 5.32 Å². The van der Waals surface area contributed by atoms with E-state index in [1.165, 1.54) is 9.80 Å². The molecule has 0 bridgehead atoms. The molecule has 0 saturated carbocycles. The highest BCUT2D eigenvalue weighted by Gasteiger charge is 2.41. The first-order chi connectivity index (χ1) is 15.5. The Bertz CT molecular complexity index is 1040. The van der Waals surface area contributed by atoms with E-state index in [0.717, 1.165) is 5.56 Å². The summed E-state index contributed by atoms with van der Waals surface area (Å²) >= 11 is 0. The molecule has 2 aliphatic rings. The number of morpholine rings is 1. The smallest absolute Gasteiger partial charge is 0.328 e. The predicted molar refractivity (Wildman–Crippen MR) is 112 cm³/mol. The molecule has 32 heavy (non-hydrogen) atoms. The molecule has 2 aromatic carbocycles. The molecule has 2 aliphatic heterocycles. The molecule has 4 rings (SSSR count). The molecule has 3 amide bonds. The lowest BCUT2D eigenvalue weighted by Gasteiger charge is -2.33. The van der Waals surface area contributed by atoms with Gasteiger partial charge in [-0.05, 0) is 17.2 Å². The first kappa shape index (κ1) is 21.5. The molecule has 0 aliphatic carbocycles. The first-order valence-electron chi connectivity index (χ1n) is 10.3. The van der Waals surface area contributed by atoms with E-state index in [-0.39, 0.29) is 38.8 Å². The maximum Gasteiger partial charge on any atom is 0.328 e. The average Bonchev–Trinajstić information content (AvgIpc) is 3.09. The summed E-state index contributed by atoms with van der Waals surface area (Å²) < 4.78 is 5.15. The van der Waals surface area contributed by atoms with Gasteiger partial charge in [0.2, 0.25) is 11.8 Å². The standard InChI is InChI=1S/C23H23N3O6/c27-19(25-10-11-32-14-18(25)23(30)31)12-24-21(28)20-16-8-4-5-9-17(16)22(29)26(20)13-15-6-2-1-3-7-15/h1-9,18,20H,10-14H2,(H,24,28)(H,30,31). The van der Waals surface area contributed by atoms with Crippen LogP contribution in [0.2, 0.25) is 0 Å². The van der Waals surface area contributed by atoms with Crippen LogP contribution in [0.3, 0.4) is 0 Å². The number of carboxylic acids is 1. The second-order valence-electron chi connectivity index (χ2n) is 7.64. The Labute approximate surface area is 184 Å². The molecule has 0 radical (unpaired) electrons. The summed E-state index contributed by atoms with van der Waals surface area (Å²) in [5.41, 5.74) is 1.90. The summed E-state index contributed by atoms with van der Waals surface area (Å²) in [5, 5.41) is 11.9. The number of nitrogens with zero attached hydrogens (tertiary/aromatic N) is 2. The van der Waals surface area contributed by atoms with Gasteiger partial charge in [0.15, 0.2) is 6.04 Å². The van der Waals surface area contributed by atoms with E-state index in [0.29, 0.717) is 11.1 Å². The van der Waals surface area contributed by atoms with Gasteiger partial charge in [-0.1, -0.05) is 48.5 Å². The van der Waals surface area contributed by atoms with Crippen molar-refractivity contribution in [2.75, 3.05) is 26.3 Å². The second kappa shape index (κ2) is 9.19. The van der Waals surface area contributed by atoms with Crippen LogP contribution >= 0.6 is 0 Å². The molecule has 1 fully saturated rings. The highest BCUT2D eigenvalue weighted by molar-refractivity contribution is 6.05. The SMILES string of the molecule is O=C(O)C1COCCN1C(=O)CNC(=O)C1c2ccccc2C(=O)N1Cc1ccccc1. The van der Waals surface area contributed by atoms with Crippen LogP contribution in [-0.4, -0.2) is 70.9 Å². The zero-order valence-electron chi connectivity index (χ0n) is 17.3. The van der Waals surface area contributed by atoms with Crippen LogP contribution in [0.1, 0.15) is 27.5 Å². The van der Waals surface area contributed by atoms with Gasteiger partial charge in [-0.3, -0.25) is 14.4 Å². The van der Waals surface area contributed by atoms with Crippen LogP contribution in [0.4, 0.5) is 0 Å². The number of carbonyl (C=O) groups is 4. The van der Waals surface area contributed by atoms with Gasteiger partial charge in [-0.2, -0.15) is 0 Å². The Kier molecular flexibility index (Phi) is 6.18. The Morgan fingerprint density at radius 1 is 1.06 bits per heavy atom. The summed E-state index contributed by atoms with van der Waals surface area (Å²) in [6.07, 6.45) is 0. The van der Waals surface area contributed by atoms with Crippen LogP contribution in [0, 0.1) is 0 Å². The topological polar surface area (TPSA) is 116 Å². The van der Waals surface area contributed by atoms with Crippen molar-refractivity contribution >= 4 is 23.7 Å². The molecule has 1 saturated heterocycles. The summed E-state index contributed by atoms with van der Waals surface area (Å²) in [7, 11) is 0. The fourth-order valence-corrected chi connectivity index (χ4v) is 4.06. The van der Waals surface area contributed by atoms with Gasteiger partial charge in [0, 0.05) is 18.7 Å². The van der Waals surface area contributed by atoms with Crippen molar-refractivity contribution in [3.63, 3.8) is 0 Å². The highest BCUT2D eigenvalue weighted by Crippen LogP contribution is 2.34. The molecule has 2 aromatic rings. The number of ether oxygens (including phenoxy) is 1. The van der Waals surface area contributed by atoms with Crippen molar-refractivity contribution in [2.45, 2.75) is 18.6 Å². The minimum atomic E-state index is -1.16. The van der Waals surface area contributed by atoms with Crippen molar-refractivity contribution in [2.24, 2.45) is 0 Å². The van der Waals surface area contributed by atoms with Crippen molar-refractivity contribution in [3.05, 3.63) is 71.3 Å². The normalized spacial score (nSPS) is 20.1. The third-order valence-corrected chi connectivity index (χ3v) is 5.65. The summed E-state index contributed by atoms with van der Waals surface area (Å²) in [5.74, 6) is -2.42. The Hall–Kier alpha value is -3.72. The van der Waals surface area contributed by atoms with Crippen molar-refractivity contribution in [3.8, 4) is 0 Å². The Morgan fingerprint density at radius 3 is 2.53 bits per heavy atom. The molecule has 2 atom stereocenters. The highest BCUT2D eigenvalue weighted by atomic mass is 16.5. The zero-order chi connectivity index (χ0) is 22.7. The lowest BCUT2D eigenvalue weighted by molar-refractivity contribution is -0.158. The number of nitrogens with one attached hydrogen (secondary N) is 1. The third-order valence-electron chi connectivity index (χ3n) is 5.65. The Balaban J connectivity index is 1.50. The number of hydrogen-bond acceptors (Lipinski definition) is 5. The quantitative estimate of drug-likeness (QED) is 0.691. The van der Waals surface area contributed by atoms with Gasteiger partial charge in [0.1, 0.15) is 6.04 Å². The van der Waals surface area contributed by atoms with Gasteiger partial charge >= 0.3 is 5.97 Å². The number of carboxylic acid groups (broad SMARTS) is 1.